The zero-order valence-electron chi connectivity index (χ0n) is 10.3. The van der Waals surface area contributed by atoms with E-state index in [-0.39, 0.29) is 18.4 Å². The van der Waals surface area contributed by atoms with E-state index >= 15 is 0 Å². The molecule has 102 valence electrons. The second-order valence-corrected chi connectivity index (χ2v) is 6.95. The van der Waals surface area contributed by atoms with Crippen molar-refractivity contribution >= 4 is 25.8 Å². The van der Waals surface area contributed by atoms with Gasteiger partial charge in [-0.05, 0) is 37.2 Å². The Bertz CT molecular complexity index is 453. The summed E-state index contributed by atoms with van der Waals surface area (Å²) in [5, 5.41) is 12.0. The van der Waals surface area contributed by atoms with Gasteiger partial charge in [-0.1, -0.05) is 22.9 Å². The van der Waals surface area contributed by atoms with Crippen LogP contribution in [0.25, 0.3) is 0 Å². The SMILES string of the molecule is CCNC(CCO)CS(=O)(=O)c1ccc(Br)cc1. The summed E-state index contributed by atoms with van der Waals surface area (Å²) in [6.07, 6.45) is 0.434. The molecule has 18 heavy (non-hydrogen) atoms. The minimum Gasteiger partial charge on any atom is -0.396 e. The highest BCUT2D eigenvalue weighted by molar-refractivity contribution is 9.10. The van der Waals surface area contributed by atoms with Crippen molar-refractivity contribution in [1.82, 2.24) is 5.32 Å². The number of hydrogen-bond donors (Lipinski definition) is 2. The lowest BCUT2D eigenvalue weighted by Gasteiger charge is -2.16. The number of aliphatic hydroxyl groups is 1. The highest BCUT2D eigenvalue weighted by Gasteiger charge is 2.20. The lowest BCUT2D eigenvalue weighted by atomic mass is 10.2. The van der Waals surface area contributed by atoms with Gasteiger partial charge in [0.05, 0.1) is 10.6 Å². The van der Waals surface area contributed by atoms with E-state index in [1.54, 1.807) is 24.3 Å². The molecule has 0 saturated carbocycles. The van der Waals surface area contributed by atoms with E-state index < -0.39 is 9.84 Å². The number of hydrogen-bond acceptors (Lipinski definition) is 4. The molecule has 1 aromatic carbocycles. The molecular weight excluding hydrogens is 318 g/mol. The van der Waals surface area contributed by atoms with E-state index in [0.717, 1.165) is 4.47 Å². The molecule has 1 aromatic rings. The molecule has 6 heteroatoms. The van der Waals surface area contributed by atoms with Crippen molar-refractivity contribution in [3.05, 3.63) is 28.7 Å². The van der Waals surface area contributed by atoms with Crippen molar-refractivity contribution in [2.24, 2.45) is 0 Å². The number of sulfone groups is 1. The molecule has 4 nitrogen and oxygen atoms in total. The molecule has 2 N–H and O–H groups in total. The summed E-state index contributed by atoms with van der Waals surface area (Å²) in [5.41, 5.74) is 0. The average Bonchev–Trinajstić information content (AvgIpc) is 2.29. The van der Waals surface area contributed by atoms with Crippen LogP contribution in [0.3, 0.4) is 0 Å². The maximum atomic E-state index is 12.2. The minimum atomic E-state index is -3.32. The van der Waals surface area contributed by atoms with E-state index in [0.29, 0.717) is 17.9 Å². The third-order valence-corrected chi connectivity index (χ3v) is 4.92. The van der Waals surface area contributed by atoms with Crippen LogP contribution in [0.1, 0.15) is 13.3 Å². The summed E-state index contributed by atoms with van der Waals surface area (Å²) in [6.45, 7) is 2.57. The molecule has 0 fully saturated rings. The number of nitrogens with one attached hydrogen (secondary N) is 1. The topological polar surface area (TPSA) is 66.4 Å². The molecule has 1 atom stereocenters. The highest BCUT2D eigenvalue weighted by atomic mass is 79.9. The van der Waals surface area contributed by atoms with Crippen LogP contribution >= 0.6 is 15.9 Å². The Morgan fingerprint density at radius 3 is 2.44 bits per heavy atom. The third kappa shape index (κ3) is 4.68. The maximum Gasteiger partial charge on any atom is 0.179 e. The molecule has 0 aliphatic heterocycles. The summed E-state index contributed by atoms with van der Waals surface area (Å²) >= 11 is 3.27. The van der Waals surface area contributed by atoms with Gasteiger partial charge in [0.2, 0.25) is 0 Å². The van der Waals surface area contributed by atoms with Crippen molar-refractivity contribution in [3.8, 4) is 0 Å². The zero-order chi connectivity index (χ0) is 13.6. The number of rotatable bonds is 7. The van der Waals surface area contributed by atoms with Crippen LogP contribution in [-0.2, 0) is 9.84 Å². The van der Waals surface area contributed by atoms with Crippen molar-refractivity contribution in [2.45, 2.75) is 24.3 Å². The van der Waals surface area contributed by atoms with Crippen molar-refractivity contribution in [1.29, 1.82) is 0 Å². The highest BCUT2D eigenvalue weighted by Crippen LogP contribution is 2.17. The van der Waals surface area contributed by atoms with Crippen LogP contribution in [0, 0.1) is 0 Å². The molecule has 0 radical (unpaired) electrons. The predicted molar refractivity (Wildman–Crippen MR) is 75.4 cm³/mol. The molecule has 1 unspecified atom stereocenters. The fourth-order valence-corrected chi connectivity index (χ4v) is 3.51. The van der Waals surface area contributed by atoms with Gasteiger partial charge in [0.15, 0.2) is 9.84 Å². The van der Waals surface area contributed by atoms with E-state index in [1.165, 1.54) is 0 Å². The van der Waals surface area contributed by atoms with E-state index in [2.05, 4.69) is 21.2 Å². The Kier molecular flexibility index (Phi) is 6.28. The monoisotopic (exact) mass is 335 g/mol. The Morgan fingerprint density at radius 1 is 1.33 bits per heavy atom. The van der Waals surface area contributed by atoms with Crippen LogP contribution < -0.4 is 5.32 Å². The van der Waals surface area contributed by atoms with Crippen LogP contribution in [0.4, 0.5) is 0 Å². The van der Waals surface area contributed by atoms with E-state index in [4.69, 9.17) is 5.11 Å². The molecule has 0 saturated heterocycles. The molecule has 0 heterocycles. The quantitative estimate of drug-likeness (QED) is 0.794. The normalized spacial score (nSPS) is 13.5. The van der Waals surface area contributed by atoms with Gasteiger partial charge in [-0.15, -0.1) is 0 Å². The van der Waals surface area contributed by atoms with Gasteiger partial charge < -0.3 is 10.4 Å². The van der Waals surface area contributed by atoms with Crippen molar-refractivity contribution < 1.29 is 13.5 Å². The summed E-state index contributed by atoms with van der Waals surface area (Å²) in [4.78, 5) is 0.312. The van der Waals surface area contributed by atoms with Crippen LogP contribution in [-0.4, -0.2) is 38.5 Å². The minimum absolute atomic E-state index is 0.00301. The number of aliphatic hydroxyl groups excluding tert-OH is 1. The van der Waals surface area contributed by atoms with Gasteiger partial charge >= 0.3 is 0 Å². The van der Waals surface area contributed by atoms with Gasteiger partial charge in [-0.2, -0.15) is 0 Å². The zero-order valence-corrected chi connectivity index (χ0v) is 12.7. The van der Waals surface area contributed by atoms with Gasteiger partial charge in [0.1, 0.15) is 0 Å². The van der Waals surface area contributed by atoms with Gasteiger partial charge in [0, 0.05) is 17.1 Å². The molecule has 0 aliphatic rings. The molecule has 0 spiro atoms. The smallest absolute Gasteiger partial charge is 0.179 e. The van der Waals surface area contributed by atoms with Gasteiger partial charge in [0.25, 0.3) is 0 Å². The molecule has 0 bridgehead atoms. The molecule has 1 rings (SSSR count). The Morgan fingerprint density at radius 2 is 1.94 bits per heavy atom. The van der Waals surface area contributed by atoms with E-state index in [9.17, 15) is 8.42 Å². The van der Waals surface area contributed by atoms with E-state index in [1.807, 2.05) is 6.92 Å². The van der Waals surface area contributed by atoms with Crippen LogP contribution in [0.5, 0.6) is 0 Å². The lowest BCUT2D eigenvalue weighted by molar-refractivity contribution is 0.270. The average molecular weight is 336 g/mol. The maximum absolute atomic E-state index is 12.2. The first-order chi connectivity index (χ1) is 8.49. The second kappa shape index (κ2) is 7.23. The summed E-state index contributed by atoms with van der Waals surface area (Å²) in [7, 11) is -3.32. The van der Waals surface area contributed by atoms with Crippen molar-refractivity contribution in [3.63, 3.8) is 0 Å². The Hall–Kier alpha value is -0.430. The van der Waals surface area contributed by atoms with Crippen LogP contribution in [0.2, 0.25) is 0 Å². The summed E-state index contributed by atoms with van der Waals surface area (Å²) in [5.74, 6) is 0.00301. The fraction of sp³-hybridized carbons (Fsp3) is 0.500. The first kappa shape index (κ1) is 15.6. The number of halogens is 1. The summed E-state index contributed by atoms with van der Waals surface area (Å²) < 4.78 is 25.2. The first-order valence-corrected chi connectivity index (χ1v) is 8.26. The van der Waals surface area contributed by atoms with Crippen molar-refractivity contribution in [2.75, 3.05) is 18.9 Å². The van der Waals surface area contributed by atoms with Gasteiger partial charge in [-0.3, -0.25) is 0 Å². The molecule has 0 amide bonds. The molecule has 0 aromatic heterocycles. The molecule has 0 aliphatic carbocycles. The standard InChI is InChI=1S/C12H18BrNO3S/c1-2-14-11(7-8-15)9-18(16,17)12-5-3-10(13)4-6-12/h3-6,11,14-15H,2,7-9H2,1H3. The van der Waals surface area contributed by atoms with Gasteiger partial charge in [-0.25, -0.2) is 8.42 Å². The number of benzene rings is 1. The summed E-state index contributed by atoms with van der Waals surface area (Å²) in [6, 6.07) is 6.37. The third-order valence-electron chi connectivity index (χ3n) is 2.56. The molecular formula is C12H18BrNO3S. The Labute approximate surface area is 116 Å². The van der Waals surface area contributed by atoms with Crippen LogP contribution in [0.15, 0.2) is 33.6 Å². The predicted octanol–water partition coefficient (Wildman–Crippen LogP) is 1.58. The largest absolute Gasteiger partial charge is 0.396 e. The second-order valence-electron chi connectivity index (χ2n) is 4.00. The first-order valence-electron chi connectivity index (χ1n) is 5.82. The lowest BCUT2D eigenvalue weighted by Crippen LogP contribution is -2.36. The Balaban J connectivity index is 2.82. The fourth-order valence-electron chi connectivity index (χ4n) is 1.69.